The molecule has 1 aliphatic heterocycles. The molecule has 0 spiro atoms. The lowest BCUT2D eigenvalue weighted by molar-refractivity contribution is -0.000245. The first-order valence-electron chi connectivity index (χ1n) is 7.83. The first kappa shape index (κ1) is 14.7. The number of esters is 1. The molecule has 6 heteroatoms. The summed E-state index contributed by atoms with van der Waals surface area (Å²) >= 11 is 0. The van der Waals surface area contributed by atoms with Crippen LogP contribution in [0.25, 0.3) is 11.2 Å². The molecule has 2 unspecified atom stereocenters. The predicted molar refractivity (Wildman–Crippen MR) is 87.8 cm³/mol. The molecule has 2 atom stereocenters. The van der Waals surface area contributed by atoms with Gasteiger partial charge in [-0.15, -0.1) is 0 Å². The average molecular weight is 323 g/mol. The van der Waals surface area contributed by atoms with Crippen LogP contribution in [0.1, 0.15) is 28.9 Å². The summed E-state index contributed by atoms with van der Waals surface area (Å²) in [5, 5.41) is 0. The molecule has 1 aliphatic rings. The molecule has 0 amide bonds. The maximum absolute atomic E-state index is 12.6. The van der Waals surface area contributed by atoms with Crippen molar-refractivity contribution in [3.05, 3.63) is 54.0 Å². The van der Waals surface area contributed by atoms with Crippen molar-refractivity contribution in [3.8, 4) is 5.75 Å². The predicted octanol–water partition coefficient (Wildman–Crippen LogP) is 2.89. The highest BCUT2D eigenvalue weighted by Crippen LogP contribution is 2.38. The van der Waals surface area contributed by atoms with Crippen LogP contribution in [-0.2, 0) is 11.8 Å². The Morgan fingerprint density at radius 2 is 2.17 bits per heavy atom. The topological polar surface area (TPSA) is 66.2 Å². The van der Waals surface area contributed by atoms with E-state index in [1.807, 2.05) is 38.2 Å². The highest BCUT2D eigenvalue weighted by Gasteiger charge is 2.31. The molecule has 0 N–H and O–H groups in total. The molecule has 3 heterocycles. The molecule has 6 nitrogen and oxygen atoms in total. The number of imidazole rings is 1. The van der Waals surface area contributed by atoms with Gasteiger partial charge in [-0.05, 0) is 12.1 Å². The molecule has 0 aliphatic carbocycles. The molecule has 0 saturated heterocycles. The third-order valence-corrected chi connectivity index (χ3v) is 4.27. The maximum atomic E-state index is 12.6. The van der Waals surface area contributed by atoms with Gasteiger partial charge in [-0.25, -0.2) is 14.8 Å². The molecule has 0 radical (unpaired) electrons. The van der Waals surface area contributed by atoms with E-state index in [0.29, 0.717) is 17.7 Å². The third-order valence-electron chi connectivity index (χ3n) is 4.27. The standard InChI is InChI=1S/C18H17N3O3/c1-11-9-23-15-6-4-3-5-13(15)16(11)24-18(22)12-7-14-17(19-8-12)21(2)10-20-14/h3-8,10-11,16H,9H2,1-2H3. The van der Waals surface area contributed by atoms with Crippen LogP contribution in [0.5, 0.6) is 5.75 Å². The van der Waals surface area contributed by atoms with Gasteiger partial charge in [0.25, 0.3) is 0 Å². The van der Waals surface area contributed by atoms with Gasteiger partial charge in [-0.1, -0.05) is 25.1 Å². The Labute approximate surface area is 139 Å². The molecule has 24 heavy (non-hydrogen) atoms. The van der Waals surface area contributed by atoms with Gasteiger partial charge >= 0.3 is 5.97 Å². The Morgan fingerprint density at radius 1 is 1.33 bits per heavy atom. The van der Waals surface area contributed by atoms with Gasteiger partial charge in [0.1, 0.15) is 17.4 Å². The van der Waals surface area contributed by atoms with Gasteiger partial charge in [0.2, 0.25) is 0 Å². The van der Waals surface area contributed by atoms with Crippen molar-refractivity contribution in [1.29, 1.82) is 0 Å². The minimum absolute atomic E-state index is 0.0791. The summed E-state index contributed by atoms with van der Waals surface area (Å²) in [6.45, 7) is 2.53. The van der Waals surface area contributed by atoms with Crippen molar-refractivity contribution in [2.24, 2.45) is 13.0 Å². The molecular formula is C18H17N3O3. The van der Waals surface area contributed by atoms with E-state index in [0.717, 1.165) is 17.0 Å². The molecule has 1 aromatic carbocycles. The molecule has 0 bridgehead atoms. The van der Waals surface area contributed by atoms with Crippen LogP contribution in [0.15, 0.2) is 42.9 Å². The highest BCUT2D eigenvalue weighted by atomic mass is 16.6. The van der Waals surface area contributed by atoms with Gasteiger partial charge in [0, 0.05) is 24.7 Å². The van der Waals surface area contributed by atoms with Crippen LogP contribution >= 0.6 is 0 Å². The van der Waals surface area contributed by atoms with E-state index < -0.39 is 5.97 Å². The first-order valence-corrected chi connectivity index (χ1v) is 7.83. The van der Waals surface area contributed by atoms with Gasteiger partial charge < -0.3 is 14.0 Å². The van der Waals surface area contributed by atoms with Crippen LogP contribution in [0.2, 0.25) is 0 Å². The molecule has 3 aromatic rings. The second kappa shape index (κ2) is 5.63. The number of hydrogen-bond acceptors (Lipinski definition) is 5. The summed E-state index contributed by atoms with van der Waals surface area (Å²) in [5.74, 6) is 0.450. The van der Waals surface area contributed by atoms with E-state index in [2.05, 4.69) is 9.97 Å². The Balaban J connectivity index is 1.63. The quantitative estimate of drug-likeness (QED) is 0.678. The van der Waals surface area contributed by atoms with E-state index in [1.54, 1.807) is 17.0 Å². The van der Waals surface area contributed by atoms with E-state index in [9.17, 15) is 4.79 Å². The van der Waals surface area contributed by atoms with Crippen molar-refractivity contribution < 1.29 is 14.3 Å². The number of aromatic nitrogens is 3. The van der Waals surface area contributed by atoms with E-state index in [4.69, 9.17) is 9.47 Å². The molecular weight excluding hydrogens is 306 g/mol. The Bertz CT molecular complexity index is 919. The number of aryl methyl sites for hydroxylation is 1. The second-order valence-electron chi connectivity index (χ2n) is 6.07. The molecule has 2 aromatic heterocycles. The van der Waals surface area contributed by atoms with Crippen molar-refractivity contribution in [3.63, 3.8) is 0 Å². The van der Waals surface area contributed by atoms with Crippen LogP contribution in [-0.4, -0.2) is 27.1 Å². The number of rotatable bonds is 2. The monoisotopic (exact) mass is 323 g/mol. The van der Waals surface area contributed by atoms with Gasteiger partial charge in [-0.2, -0.15) is 0 Å². The maximum Gasteiger partial charge on any atom is 0.340 e. The van der Waals surface area contributed by atoms with Gasteiger partial charge in [0.05, 0.1) is 18.5 Å². The number of carbonyl (C=O) groups is 1. The minimum Gasteiger partial charge on any atom is -0.493 e. The average Bonchev–Trinajstić information content (AvgIpc) is 2.98. The fourth-order valence-corrected chi connectivity index (χ4v) is 2.95. The minimum atomic E-state index is -0.399. The fraction of sp³-hybridized carbons (Fsp3) is 0.278. The highest BCUT2D eigenvalue weighted by molar-refractivity contribution is 5.92. The number of ether oxygens (including phenoxy) is 2. The zero-order valence-corrected chi connectivity index (χ0v) is 13.5. The number of carbonyl (C=O) groups excluding carboxylic acids is 1. The number of nitrogens with zero attached hydrogens (tertiary/aromatic N) is 3. The zero-order valence-electron chi connectivity index (χ0n) is 13.5. The molecule has 0 fully saturated rings. The Hall–Kier alpha value is -2.89. The molecule has 0 saturated carbocycles. The summed E-state index contributed by atoms with van der Waals surface area (Å²) in [6, 6.07) is 9.36. The van der Waals surface area contributed by atoms with Crippen molar-refractivity contribution in [1.82, 2.24) is 14.5 Å². The SMILES string of the molecule is CC1COc2ccccc2C1OC(=O)c1cnc2c(c1)ncn2C. The Morgan fingerprint density at radius 3 is 3.04 bits per heavy atom. The van der Waals surface area contributed by atoms with Crippen molar-refractivity contribution in [2.45, 2.75) is 13.0 Å². The molecule has 122 valence electrons. The van der Waals surface area contributed by atoms with Crippen molar-refractivity contribution >= 4 is 17.1 Å². The number of fused-ring (bicyclic) bond motifs is 2. The van der Waals surface area contributed by atoms with Crippen LogP contribution in [0, 0.1) is 5.92 Å². The summed E-state index contributed by atoms with van der Waals surface area (Å²) in [6.07, 6.45) is 2.87. The van der Waals surface area contributed by atoms with Gasteiger partial charge in [-0.3, -0.25) is 0 Å². The zero-order chi connectivity index (χ0) is 16.7. The van der Waals surface area contributed by atoms with E-state index in [1.165, 1.54) is 6.20 Å². The smallest absolute Gasteiger partial charge is 0.340 e. The van der Waals surface area contributed by atoms with Crippen LogP contribution in [0.4, 0.5) is 0 Å². The molecule has 4 rings (SSSR count). The Kier molecular flexibility index (Phi) is 3.45. The van der Waals surface area contributed by atoms with E-state index in [-0.39, 0.29) is 12.0 Å². The largest absolute Gasteiger partial charge is 0.493 e. The number of hydrogen-bond donors (Lipinski definition) is 0. The number of benzene rings is 1. The fourth-order valence-electron chi connectivity index (χ4n) is 2.95. The van der Waals surface area contributed by atoms with Crippen LogP contribution < -0.4 is 4.74 Å². The second-order valence-corrected chi connectivity index (χ2v) is 6.07. The lowest BCUT2D eigenvalue weighted by atomic mass is 9.94. The summed E-state index contributed by atoms with van der Waals surface area (Å²) < 4.78 is 13.3. The van der Waals surface area contributed by atoms with E-state index >= 15 is 0 Å². The lowest BCUT2D eigenvalue weighted by Crippen LogP contribution is -2.27. The van der Waals surface area contributed by atoms with Crippen molar-refractivity contribution in [2.75, 3.05) is 6.61 Å². The van der Waals surface area contributed by atoms with Gasteiger partial charge in [0.15, 0.2) is 5.65 Å². The normalized spacial score (nSPS) is 19.6. The number of para-hydroxylation sites is 1. The first-order chi connectivity index (χ1) is 11.6. The summed E-state index contributed by atoms with van der Waals surface area (Å²) in [5.41, 5.74) is 2.71. The number of pyridine rings is 1. The van der Waals surface area contributed by atoms with Crippen LogP contribution in [0.3, 0.4) is 0 Å². The third kappa shape index (κ3) is 2.40. The summed E-state index contributed by atoms with van der Waals surface area (Å²) in [7, 11) is 1.86. The summed E-state index contributed by atoms with van der Waals surface area (Å²) in [4.78, 5) is 21.1. The lowest BCUT2D eigenvalue weighted by Gasteiger charge is -2.31.